The highest BCUT2D eigenvalue weighted by Crippen LogP contribution is 2.43. The Balaban J connectivity index is 1.16. The Bertz CT molecular complexity index is 1420. The van der Waals surface area contributed by atoms with Crippen LogP contribution in [0, 0.1) is 5.92 Å². The van der Waals surface area contributed by atoms with Crippen molar-refractivity contribution >= 4 is 50.1 Å². The van der Waals surface area contributed by atoms with Gasteiger partial charge in [-0.3, -0.25) is 9.59 Å². The smallest absolute Gasteiger partial charge is 0.244 e. The predicted octanol–water partition coefficient (Wildman–Crippen LogP) is 4.17. The first-order valence-electron chi connectivity index (χ1n) is 12.3. The highest BCUT2D eigenvalue weighted by molar-refractivity contribution is 8.00. The van der Waals surface area contributed by atoms with E-state index in [-0.39, 0.29) is 33.3 Å². The molecule has 2 aliphatic rings. The van der Waals surface area contributed by atoms with Crippen LogP contribution in [0.1, 0.15) is 18.4 Å². The minimum atomic E-state index is -3.63. The summed E-state index contributed by atoms with van der Waals surface area (Å²) < 4.78 is 28.0. The van der Waals surface area contributed by atoms with Crippen LogP contribution in [0.4, 0.5) is 5.69 Å². The molecule has 0 bridgehead atoms. The lowest BCUT2D eigenvalue weighted by atomic mass is 10.0. The second-order valence-corrected chi connectivity index (χ2v) is 12.8. The number of aryl methyl sites for hydroxylation is 1. The van der Waals surface area contributed by atoms with Crippen LogP contribution in [0.25, 0.3) is 10.8 Å². The molecule has 2 amide bonds. The molecule has 3 atom stereocenters. The number of nitrogens with zero attached hydrogens (tertiary/aromatic N) is 1. The molecule has 0 radical (unpaired) electrons. The van der Waals surface area contributed by atoms with Crippen molar-refractivity contribution in [2.24, 2.45) is 5.92 Å². The number of benzene rings is 3. The third kappa shape index (κ3) is 5.58. The molecule has 37 heavy (non-hydrogen) atoms. The molecule has 0 spiro atoms. The SMILES string of the molecule is C=CC(=O)NC1CC2CN(S(=O)(=O)c3ccc(NC(=O)CCc4cccc5ccccc45)cc3)CC2S1. The van der Waals surface area contributed by atoms with Crippen molar-refractivity contribution in [1.82, 2.24) is 9.62 Å². The summed E-state index contributed by atoms with van der Waals surface area (Å²) in [6.45, 7) is 4.33. The van der Waals surface area contributed by atoms with Crippen LogP contribution in [0.5, 0.6) is 0 Å². The summed E-state index contributed by atoms with van der Waals surface area (Å²) in [5.74, 6) is -0.121. The topological polar surface area (TPSA) is 95.6 Å². The fourth-order valence-electron chi connectivity index (χ4n) is 5.07. The molecule has 0 aliphatic carbocycles. The monoisotopic (exact) mass is 535 g/mol. The van der Waals surface area contributed by atoms with Crippen LogP contribution in [0.15, 0.2) is 84.3 Å². The third-order valence-electron chi connectivity index (χ3n) is 6.97. The van der Waals surface area contributed by atoms with Gasteiger partial charge in [-0.1, -0.05) is 49.0 Å². The molecule has 2 fully saturated rings. The van der Waals surface area contributed by atoms with E-state index in [1.165, 1.54) is 10.4 Å². The number of fused-ring (bicyclic) bond motifs is 2. The third-order valence-corrected chi connectivity index (χ3v) is 10.3. The van der Waals surface area contributed by atoms with E-state index < -0.39 is 10.0 Å². The van der Waals surface area contributed by atoms with Crippen LogP contribution in [-0.4, -0.2) is 48.3 Å². The average Bonchev–Trinajstić information content (AvgIpc) is 3.47. The van der Waals surface area contributed by atoms with Gasteiger partial charge in [0, 0.05) is 30.4 Å². The highest BCUT2D eigenvalue weighted by atomic mass is 32.2. The van der Waals surface area contributed by atoms with E-state index in [9.17, 15) is 18.0 Å². The van der Waals surface area contributed by atoms with Crippen LogP contribution in [0.2, 0.25) is 0 Å². The first-order chi connectivity index (χ1) is 17.8. The molecule has 2 heterocycles. The van der Waals surface area contributed by atoms with Crippen LogP contribution >= 0.6 is 11.8 Å². The molecular formula is C28H29N3O4S2. The molecule has 2 N–H and O–H groups in total. The minimum absolute atomic E-state index is 0.00568. The lowest BCUT2D eigenvalue weighted by molar-refractivity contribution is -0.117. The summed E-state index contributed by atoms with van der Waals surface area (Å²) in [5, 5.41) is 8.22. The fraction of sp³-hybridized carbons (Fsp3) is 0.286. The van der Waals surface area contributed by atoms with E-state index in [1.807, 2.05) is 24.3 Å². The summed E-state index contributed by atoms with van der Waals surface area (Å²) in [6, 6.07) is 20.6. The standard InChI is InChI=1S/C28H29N3O4S2/c1-2-26(32)30-28-16-21-17-31(18-25(21)36-28)37(34,35)23-13-11-22(12-14-23)29-27(33)15-10-20-8-5-7-19-6-3-4-9-24(19)20/h2-9,11-14,21,25,28H,1,10,15-18H2,(H,29,33)(H,30,32). The number of hydrogen-bond acceptors (Lipinski definition) is 5. The van der Waals surface area contributed by atoms with Gasteiger partial charge in [-0.05, 0) is 65.4 Å². The maximum atomic E-state index is 13.2. The van der Waals surface area contributed by atoms with Gasteiger partial charge in [-0.2, -0.15) is 4.31 Å². The Morgan fingerprint density at radius 1 is 1.03 bits per heavy atom. The number of amides is 2. The normalized spacial score (nSPS) is 21.5. The molecule has 7 nitrogen and oxygen atoms in total. The van der Waals surface area contributed by atoms with Crippen LogP contribution in [0.3, 0.4) is 0 Å². The molecule has 5 rings (SSSR count). The van der Waals surface area contributed by atoms with E-state index in [0.717, 1.165) is 22.8 Å². The molecule has 2 aliphatic heterocycles. The van der Waals surface area contributed by atoms with Gasteiger partial charge in [-0.25, -0.2) is 8.42 Å². The predicted molar refractivity (Wildman–Crippen MR) is 148 cm³/mol. The first-order valence-corrected chi connectivity index (χ1v) is 14.7. The number of anilines is 1. The van der Waals surface area contributed by atoms with Crippen molar-refractivity contribution < 1.29 is 18.0 Å². The number of rotatable bonds is 8. The molecule has 0 saturated carbocycles. The van der Waals surface area contributed by atoms with Gasteiger partial charge in [0.25, 0.3) is 0 Å². The van der Waals surface area contributed by atoms with Crippen molar-refractivity contribution in [1.29, 1.82) is 0 Å². The molecule has 2 saturated heterocycles. The van der Waals surface area contributed by atoms with Crippen molar-refractivity contribution in [3.8, 4) is 0 Å². The first kappa shape index (κ1) is 25.5. The summed E-state index contributed by atoms with van der Waals surface area (Å²) in [6.07, 6.45) is 2.94. The lowest BCUT2D eigenvalue weighted by Gasteiger charge is -2.19. The van der Waals surface area contributed by atoms with E-state index >= 15 is 0 Å². The number of carbonyl (C=O) groups is 2. The van der Waals surface area contributed by atoms with Crippen LogP contribution in [-0.2, 0) is 26.0 Å². The summed E-state index contributed by atoms with van der Waals surface area (Å²) in [4.78, 5) is 24.3. The van der Waals surface area contributed by atoms with Gasteiger partial charge in [-0.15, -0.1) is 11.8 Å². The zero-order chi connectivity index (χ0) is 26.0. The number of nitrogens with one attached hydrogen (secondary N) is 2. The Kier molecular flexibility index (Phi) is 7.37. The van der Waals surface area contributed by atoms with E-state index in [2.05, 4.69) is 35.4 Å². The number of thioether (sulfide) groups is 1. The summed E-state index contributed by atoms with van der Waals surface area (Å²) in [5.41, 5.74) is 1.69. The maximum absolute atomic E-state index is 13.2. The zero-order valence-corrected chi connectivity index (χ0v) is 21.9. The maximum Gasteiger partial charge on any atom is 0.244 e. The van der Waals surface area contributed by atoms with E-state index in [1.54, 1.807) is 36.0 Å². The van der Waals surface area contributed by atoms with Gasteiger partial charge in [0.05, 0.1) is 10.3 Å². The fourth-order valence-corrected chi connectivity index (χ4v) is 8.34. The second kappa shape index (κ2) is 10.7. The largest absolute Gasteiger partial charge is 0.341 e. The second-order valence-electron chi connectivity index (χ2n) is 9.40. The van der Waals surface area contributed by atoms with Gasteiger partial charge < -0.3 is 10.6 Å². The van der Waals surface area contributed by atoms with E-state index in [4.69, 9.17) is 0 Å². The molecule has 0 aromatic heterocycles. The quantitative estimate of drug-likeness (QED) is 0.422. The number of carbonyl (C=O) groups excluding carboxylic acids is 2. The Morgan fingerprint density at radius 3 is 2.54 bits per heavy atom. The zero-order valence-electron chi connectivity index (χ0n) is 20.3. The summed E-state index contributed by atoms with van der Waals surface area (Å²) in [7, 11) is -3.63. The van der Waals surface area contributed by atoms with Crippen molar-refractivity contribution in [2.75, 3.05) is 18.4 Å². The number of sulfonamides is 1. The molecular weight excluding hydrogens is 506 g/mol. The van der Waals surface area contributed by atoms with Crippen molar-refractivity contribution in [3.05, 3.63) is 84.9 Å². The van der Waals surface area contributed by atoms with E-state index in [0.29, 0.717) is 31.6 Å². The molecule has 192 valence electrons. The lowest BCUT2D eigenvalue weighted by Crippen LogP contribution is -2.33. The average molecular weight is 536 g/mol. The molecule has 3 aromatic rings. The number of hydrogen-bond donors (Lipinski definition) is 2. The Labute approximate surface area is 221 Å². The van der Waals surface area contributed by atoms with Gasteiger partial charge in [0.15, 0.2) is 0 Å². The minimum Gasteiger partial charge on any atom is -0.341 e. The van der Waals surface area contributed by atoms with Gasteiger partial charge >= 0.3 is 0 Å². The molecule has 3 aromatic carbocycles. The summed E-state index contributed by atoms with van der Waals surface area (Å²) >= 11 is 1.62. The Morgan fingerprint density at radius 2 is 1.78 bits per heavy atom. The highest BCUT2D eigenvalue weighted by Gasteiger charge is 2.45. The Hall–Kier alpha value is -3.14. The molecule has 9 heteroatoms. The van der Waals surface area contributed by atoms with Crippen molar-refractivity contribution in [2.45, 2.75) is 34.8 Å². The van der Waals surface area contributed by atoms with Crippen LogP contribution < -0.4 is 10.6 Å². The van der Waals surface area contributed by atoms with Gasteiger partial charge in [0.2, 0.25) is 21.8 Å². The molecule has 3 unspecified atom stereocenters. The van der Waals surface area contributed by atoms with Gasteiger partial charge in [0.1, 0.15) is 0 Å². The van der Waals surface area contributed by atoms with Crippen molar-refractivity contribution in [3.63, 3.8) is 0 Å².